The van der Waals surface area contributed by atoms with E-state index in [9.17, 15) is 14.8 Å². The van der Waals surface area contributed by atoms with Crippen LogP contribution in [0.15, 0.2) is 46.1 Å². The van der Waals surface area contributed by atoms with Crippen LogP contribution in [0.5, 0.6) is 0 Å². The van der Waals surface area contributed by atoms with Gasteiger partial charge in [0.2, 0.25) is 5.78 Å². The number of ether oxygens (including phenoxy) is 1. The number of hydrogen-bond acceptors (Lipinski definition) is 9. The van der Waals surface area contributed by atoms with Gasteiger partial charge in [0, 0.05) is 6.20 Å². The Morgan fingerprint density at radius 1 is 1.31 bits per heavy atom. The minimum Gasteiger partial charge on any atom is -0.780 e. The molecule has 14 heteroatoms. The van der Waals surface area contributed by atoms with Crippen LogP contribution in [0, 0.1) is 0 Å². The number of aliphatic hydroxyl groups excluding tert-OH is 1. The molecule has 2 fully saturated rings. The van der Waals surface area contributed by atoms with E-state index in [4.69, 9.17) is 25.6 Å². The van der Waals surface area contributed by atoms with Crippen LogP contribution in [0.2, 0.25) is 0 Å². The number of fused-ring (bicyclic) bond motifs is 3. The Balaban J connectivity index is 1.48. The third-order valence-corrected chi connectivity index (χ3v) is 7.61. The minimum atomic E-state index is -3.69. The molecule has 11 nitrogen and oxygen atoms in total. The van der Waals surface area contributed by atoms with Crippen LogP contribution in [0.4, 0.5) is 0 Å². The van der Waals surface area contributed by atoms with Crippen molar-refractivity contribution in [2.24, 2.45) is 0 Å². The van der Waals surface area contributed by atoms with Crippen LogP contribution in [0.25, 0.3) is 28.2 Å². The van der Waals surface area contributed by atoms with E-state index in [1.54, 1.807) is 6.20 Å². The summed E-state index contributed by atoms with van der Waals surface area (Å²) < 4.78 is 19.3. The molecular weight excluding hydrogens is 525 g/mol. The first-order valence-corrected chi connectivity index (χ1v) is 12.9. The van der Waals surface area contributed by atoms with Crippen molar-refractivity contribution in [2.45, 2.75) is 24.5 Å². The monoisotopic (exact) mass is 538 g/mol. The second-order valence-corrected chi connectivity index (χ2v) is 10.9. The molecule has 0 saturated carbocycles. The lowest BCUT2D eigenvalue weighted by atomic mass is 10.1. The van der Waals surface area contributed by atoms with Gasteiger partial charge in [0.05, 0.1) is 12.3 Å². The molecule has 2 N–H and O–H groups in total. The maximum Gasteiger partial charge on any atom is 0.287 e. The summed E-state index contributed by atoms with van der Waals surface area (Å²) in [5, 5.41) is 10.8. The quantitative estimate of drug-likeness (QED) is 0.283. The van der Waals surface area contributed by atoms with E-state index in [-0.39, 0.29) is 28.1 Å². The van der Waals surface area contributed by atoms with E-state index < -0.39 is 31.3 Å². The first-order valence-electron chi connectivity index (χ1n) is 9.54. The standard InChI is InChI=1S/C18H15BrN5O6PS/c19-17-21-11-14(24(17)16-12(25)13-10(29-16)7-28-31(27,32)30-13)22-18-20-9(6-23(18)15(11)26)8-4-2-1-3-5-8/h1-6,10,12-13,16,25H,7H2,(H,20,22)(H,27,32)/p-1/t10-,12-,13-,16-,31?/m1/s1. The lowest BCUT2D eigenvalue weighted by molar-refractivity contribution is -0.227. The van der Waals surface area contributed by atoms with Gasteiger partial charge in [-0.05, 0) is 21.5 Å². The maximum atomic E-state index is 13.1. The summed E-state index contributed by atoms with van der Waals surface area (Å²) in [6.45, 7) is -3.77. The van der Waals surface area contributed by atoms with E-state index in [1.807, 2.05) is 30.3 Å². The molecule has 1 aromatic carbocycles. The van der Waals surface area contributed by atoms with E-state index in [0.29, 0.717) is 11.5 Å². The molecule has 32 heavy (non-hydrogen) atoms. The second kappa shape index (κ2) is 7.27. The molecular formula is C18H14BrN5O6PS-. The highest BCUT2D eigenvalue weighted by atomic mass is 79.9. The largest absolute Gasteiger partial charge is 0.780 e. The Labute approximate surface area is 193 Å². The van der Waals surface area contributed by atoms with Gasteiger partial charge in [0.15, 0.2) is 22.1 Å². The van der Waals surface area contributed by atoms with Crippen molar-refractivity contribution < 1.29 is 23.8 Å². The van der Waals surface area contributed by atoms with Gasteiger partial charge >= 0.3 is 0 Å². The summed E-state index contributed by atoms with van der Waals surface area (Å²) in [5.41, 5.74) is 1.51. The van der Waals surface area contributed by atoms with Gasteiger partial charge < -0.3 is 28.8 Å². The Morgan fingerprint density at radius 3 is 2.88 bits per heavy atom. The third-order valence-electron chi connectivity index (χ3n) is 5.51. The predicted octanol–water partition coefficient (Wildman–Crippen LogP) is 1.06. The lowest BCUT2D eigenvalue weighted by Crippen LogP contribution is -2.41. The SMILES string of the molecule is O=c1c2nc(Br)n([C@@H]3O[C@@H]4COP([O-])(=S)O[C@H]4[C@H]3O)c2nc2[nH]c(-c3ccccc3)cn12. The molecule has 0 amide bonds. The number of aromatic amines is 1. The molecule has 3 aromatic heterocycles. The van der Waals surface area contributed by atoms with Gasteiger partial charge in [-0.3, -0.25) is 9.36 Å². The van der Waals surface area contributed by atoms with Crippen LogP contribution in [-0.4, -0.2) is 53.9 Å². The molecule has 6 rings (SSSR count). The fraction of sp³-hybridized carbons (Fsp3) is 0.278. The average Bonchev–Trinajstić information content (AvgIpc) is 3.43. The fourth-order valence-corrected chi connectivity index (χ4v) is 6.01. The summed E-state index contributed by atoms with van der Waals surface area (Å²) in [4.78, 5) is 37.2. The van der Waals surface area contributed by atoms with Gasteiger partial charge in [-0.25, -0.2) is 9.38 Å². The molecule has 2 aliphatic heterocycles. The Morgan fingerprint density at radius 2 is 2.09 bits per heavy atom. The van der Waals surface area contributed by atoms with Crippen molar-refractivity contribution in [1.82, 2.24) is 23.9 Å². The van der Waals surface area contributed by atoms with E-state index in [1.165, 1.54) is 8.97 Å². The summed E-state index contributed by atoms with van der Waals surface area (Å²) in [5.74, 6) is 0.301. The number of aromatic nitrogens is 5. The van der Waals surface area contributed by atoms with Crippen LogP contribution in [-0.2, 0) is 25.6 Å². The molecule has 5 atom stereocenters. The highest BCUT2D eigenvalue weighted by molar-refractivity contribution is 9.10. The number of benzene rings is 1. The maximum absolute atomic E-state index is 13.1. The molecule has 0 spiro atoms. The number of aliphatic hydroxyl groups is 1. The van der Waals surface area contributed by atoms with Gasteiger partial charge in [-0.15, -0.1) is 0 Å². The smallest absolute Gasteiger partial charge is 0.287 e. The second-order valence-electron chi connectivity index (χ2n) is 7.44. The van der Waals surface area contributed by atoms with Crippen LogP contribution in [0.1, 0.15) is 6.23 Å². The van der Waals surface area contributed by atoms with Gasteiger partial charge in [0.1, 0.15) is 25.0 Å². The van der Waals surface area contributed by atoms with Gasteiger partial charge in [-0.2, -0.15) is 4.98 Å². The summed E-state index contributed by atoms with van der Waals surface area (Å²) in [6.07, 6.45) is -2.23. The number of H-pyrrole nitrogens is 1. The van der Waals surface area contributed by atoms with Crippen LogP contribution < -0.4 is 10.5 Å². The topological polar surface area (TPSA) is 139 Å². The van der Waals surface area contributed by atoms with E-state index in [0.717, 1.165) is 5.56 Å². The molecule has 5 heterocycles. The van der Waals surface area contributed by atoms with E-state index >= 15 is 0 Å². The third kappa shape index (κ3) is 3.12. The summed E-state index contributed by atoms with van der Waals surface area (Å²) in [7, 11) is 0. The molecule has 4 aromatic rings. The number of nitrogens with one attached hydrogen (secondary N) is 1. The first-order chi connectivity index (χ1) is 15.3. The van der Waals surface area contributed by atoms with E-state index in [2.05, 4.69) is 30.9 Å². The van der Waals surface area contributed by atoms with Crippen molar-refractivity contribution in [2.75, 3.05) is 6.61 Å². The lowest BCUT2D eigenvalue weighted by Gasteiger charge is -2.38. The Hall–Kier alpha value is -1.96. The molecule has 0 radical (unpaired) electrons. The zero-order chi connectivity index (χ0) is 22.2. The average molecular weight is 539 g/mol. The zero-order valence-electron chi connectivity index (χ0n) is 16.0. The highest BCUT2D eigenvalue weighted by Crippen LogP contribution is 2.50. The Bertz CT molecular complexity index is 1470. The zero-order valence-corrected chi connectivity index (χ0v) is 19.3. The molecule has 166 valence electrons. The van der Waals surface area contributed by atoms with Crippen molar-refractivity contribution in [3.05, 3.63) is 51.6 Å². The van der Waals surface area contributed by atoms with Crippen LogP contribution in [0.3, 0.4) is 0 Å². The molecule has 0 aliphatic carbocycles. The van der Waals surface area contributed by atoms with Crippen LogP contribution >= 0.6 is 22.6 Å². The van der Waals surface area contributed by atoms with Crippen molar-refractivity contribution in [3.8, 4) is 11.3 Å². The normalized spacial score (nSPS) is 30.2. The van der Waals surface area contributed by atoms with Crippen molar-refractivity contribution >= 4 is 51.4 Å². The van der Waals surface area contributed by atoms with Crippen molar-refractivity contribution in [1.29, 1.82) is 0 Å². The number of nitrogens with zero attached hydrogens (tertiary/aromatic N) is 4. The number of halogens is 1. The summed E-state index contributed by atoms with van der Waals surface area (Å²) in [6, 6.07) is 9.51. The number of rotatable bonds is 2. The number of imidazole rings is 2. The number of hydrogen-bond donors (Lipinski definition) is 2. The van der Waals surface area contributed by atoms with Gasteiger partial charge in [-0.1, -0.05) is 42.1 Å². The van der Waals surface area contributed by atoms with Gasteiger partial charge in [0.25, 0.3) is 5.56 Å². The Kier molecular flexibility index (Phi) is 4.69. The van der Waals surface area contributed by atoms with Crippen molar-refractivity contribution in [3.63, 3.8) is 0 Å². The summed E-state index contributed by atoms with van der Waals surface area (Å²) >= 11 is 8.11. The highest BCUT2D eigenvalue weighted by Gasteiger charge is 2.50. The minimum absolute atomic E-state index is 0.0827. The predicted molar refractivity (Wildman–Crippen MR) is 117 cm³/mol. The molecule has 2 aliphatic rings. The first kappa shape index (κ1) is 20.6. The molecule has 2 saturated heterocycles. The molecule has 0 bridgehead atoms. The molecule has 1 unspecified atom stereocenters. The fourth-order valence-electron chi connectivity index (χ4n) is 4.03.